The van der Waals surface area contributed by atoms with Crippen LogP contribution in [0, 0.1) is 5.92 Å². The summed E-state index contributed by atoms with van der Waals surface area (Å²) in [4.78, 5) is 17.1. The molecule has 7 heteroatoms. The van der Waals surface area contributed by atoms with E-state index in [1.165, 1.54) is 5.56 Å². The molecule has 4 rings (SSSR count). The van der Waals surface area contributed by atoms with Gasteiger partial charge in [-0.25, -0.2) is 4.79 Å². The average molecular weight is 443 g/mol. The first-order chi connectivity index (χ1) is 15.1. The summed E-state index contributed by atoms with van der Waals surface area (Å²) in [5.74, 6) is 1.21. The maximum Gasteiger partial charge on any atom is 0.322 e. The van der Waals surface area contributed by atoms with Crippen LogP contribution in [0.2, 0.25) is 5.02 Å². The first-order valence-electron chi connectivity index (χ1n) is 11.0. The Bertz CT molecular complexity index is 887. The first kappa shape index (κ1) is 21.9. The van der Waals surface area contributed by atoms with Crippen molar-refractivity contribution in [2.75, 3.05) is 51.3 Å². The number of nitrogens with zero attached hydrogens (tertiary/aromatic N) is 2. The Morgan fingerprint density at radius 3 is 2.74 bits per heavy atom. The summed E-state index contributed by atoms with van der Waals surface area (Å²) in [6.07, 6.45) is 1.89. The van der Waals surface area contributed by atoms with Crippen LogP contribution in [-0.4, -0.2) is 63.4 Å². The summed E-state index contributed by atoms with van der Waals surface area (Å²) in [5.41, 5.74) is 2.02. The molecule has 2 heterocycles. The van der Waals surface area contributed by atoms with E-state index in [1.54, 1.807) is 12.0 Å². The van der Waals surface area contributed by atoms with Gasteiger partial charge in [0, 0.05) is 43.4 Å². The molecule has 2 N–H and O–H groups in total. The molecule has 2 fully saturated rings. The van der Waals surface area contributed by atoms with Gasteiger partial charge in [0.05, 0.1) is 13.2 Å². The van der Waals surface area contributed by atoms with Crippen LogP contribution in [0.4, 0.5) is 10.5 Å². The third-order valence-corrected chi connectivity index (χ3v) is 6.56. The molecular weight excluding hydrogens is 412 g/mol. The molecule has 2 atom stereocenters. The smallest absolute Gasteiger partial charge is 0.322 e. The molecule has 0 saturated carbocycles. The van der Waals surface area contributed by atoms with Crippen molar-refractivity contribution in [3.05, 3.63) is 59.1 Å². The quantitative estimate of drug-likeness (QED) is 0.657. The highest BCUT2D eigenvalue weighted by Crippen LogP contribution is 2.29. The number of carbonyl (C=O) groups is 1. The average Bonchev–Trinajstić information content (AvgIpc) is 3.19. The molecule has 6 nitrogen and oxygen atoms in total. The van der Waals surface area contributed by atoms with Gasteiger partial charge in [0.25, 0.3) is 0 Å². The van der Waals surface area contributed by atoms with Crippen molar-refractivity contribution in [3.8, 4) is 5.75 Å². The topological polar surface area (TPSA) is 56.8 Å². The highest BCUT2D eigenvalue weighted by atomic mass is 35.5. The van der Waals surface area contributed by atoms with Crippen LogP contribution in [0.15, 0.2) is 48.5 Å². The van der Waals surface area contributed by atoms with Gasteiger partial charge in [0.1, 0.15) is 5.75 Å². The molecule has 2 aromatic rings. The SMILES string of the molecule is COc1ccccc1CC(CCN1CCNCC1)C1CN(c2cccc(Cl)c2)C(=O)N1. The van der Waals surface area contributed by atoms with Crippen LogP contribution in [0.3, 0.4) is 0 Å². The van der Waals surface area contributed by atoms with Crippen LogP contribution in [0.1, 0.15) is 12.0 Å². The molecule has 2 amide bonds. The molecule has 166 valence electrons. The number of piperazine rings is 1. The van der Waals surface area contributed by atoms with E-state index in [4.69, 9.17) is 16.3 Å². The predicted octanol–water partition coefficient (Wildman–Crippen LogP) is 3.40. The minimum absolute atomic E-state index is 0.0561. The van der Waals surface area contributed by atoms with Crippen LogP contribution in [0.25, 0.3) is 0 Å². The molecule has 31 heavy (non-hydrogen) atoms. The summed E-state index contributed by atoms with van der Waals surface area (Å²) in [6.45, 7) is 5.91. The van der Waals surface area contributed by atoms with Crippen molar-refractivity contribution < 1.29 is 9.53 Å². The van der Waals surface area contributed by atoms with Crippen molar-refractivity contribution in [2.45, 2.75) is 18.9 Å². The third kappa shape index (κ3) is 5.50. The molecule has 2 aromatic carbocycles. The van der Waals surface area contributed by atoms with Crippen molar-refractivity contribution in [3.63, 3.8) is 0 Å². The van der Waals surface area contributed by atoms with Crippen LogP contribution in [0.5, 0.6) is 5.75 Å². The molecule has 0 aromatic heterocycles. The Kier molecular flexibility index (Phi) is 7.33. The number of para-hydroxylation sites is 1. The zero-order chi connectivity index (χ0) is 21.6. The number of benzene rings is 2. The lowest BCUT2D eigenvalue weighted by molar-refractivity contribution is 0.213. The number of urea groups is 1. The number of methoxy groups -OCH3 is 1. The Hall–Kier alpha value is -2.28. The molecule has 2 aliphatic rings. The minimum atomic E-state index is -0.0561. The van der Waals surface area contributed by atoms with E-state index in [9.17, 15) is 4.79 Å². The number of halogens is 1. The van der Waals surface area contributed by atoms with Gasteiger partial charge in [-0.2, -0.15) is 0 Å². The fraction of sp³-hybridized carbons (Fsp3) is 0.458. The Morgan fingerprint density at radius 1 is 1.16 bits per heavy atom. The fourth-order valence-electron chi connectivity index (χ4n) is 4.58. The molecule has 0 radical (unpaired) electrons. The van der Waals surface area contributed by atoms with Crippen molar-refractivity contribution in [1.29, 1.82) is 0 Å². The summed E-state index contributed by atoms with van der Waals surface area (Å²) in [7, 11) is 1.72. The molecule has 0 spiro atoms. The molecule has 2 saturated heterocycles. The van der Waals surface area contributed by atoms with Gasteiger partial charge in [-0.05, 0) is 55.1 Å². The number of hydrogen-bond acceptors (Lipinski definition) is 4. The lowest BCUT2D eigenvalue weighted by Gasteiger charge is -2.30. The zero-order valence-electron chi connectivity index (χ0n) is 18.0. The summed E-state index contributed by atoms with van der Waals surface area (Å²) in [6, 6.07) is 15.7. The van der Waals surface area contributed by atoms with Gasteiger partial charge in [-0.15, -0.1) is 0 Å². The Morgan fingerprint density at radius 2 is 1.97 bits per heavy atom. The van der Waals surface area contributed by atoms with Crippen LogP contribution >= 0.6 is 11.6 Å². The van der Waals surface area contributed by atoms with E-state index in [1.807, 2.05) is 36.4 Å². The summed E-state index contributed by atoms with van der Waals surface area (Å²) >= 11 is 6.16. The van der Waals surface area contributed by atoms with Gasteiger partial charge in [0.15, 0.2) is 0 Å². The van der Waals surface area contributed by atoms with Crippen LogP contribution in [-0.2, 0) is 6.42 Å². The van der Waals surface area contributed by atoms with Gasteiger partial charge in [0.2, 0.25) is 0 Å². The summed E-state index contributed by atoms with van der Waals surface area (Å²) < 4.78 is 5.60. The van der Waals surface area contributed by atoms with Gasteiger partial charge < -0.3 is 20.3 Å². The largest absolute Gasteiger partial charge is 0.496 e. The standard InChI is InChI=1S/C24H31ClN4O2/c1-31-23-8-3-2-5-19(23)15-18(9-12-28-13-10-26-11-14-28)22-17-29(24(30)27-22)21-7-4-6-20(25)16-21/h2-8,16,18,22,26H,9-15,17H2,1H3,(H,27,30). The maximum atomic E-state index is 12.8. The first-order valence-corrected chi connectivity index (χ1v) is 11.4. The molecule has 0 aliphatic carbocycles. The molecular formula is C24H31ClN4O2. The highest BCUT2D eigenvalue weighted by Gasteiger charge is 2.35. The summed E-state index contributed by atoms with van der Waals surface area (Å²) in [5, 5.41) is 7.29. The lowest BCUT2D eigenvalue weighted by atomic mass is 9.88. The van der Waals surface area contributed by atoms with E-state index < -0.39 is 0 Å². The van der Waals surface area contributed by atoms with E-state index >= 15 is 0 Å². The maximum absolute atomic E-state index is 12.8. The third-order valence-electron chi connectivity index (χ3n) is 6.32. The number of nitrogens with one attached hydrogen (secondary N) is 2. The Balaban J connectivity index is 1.50. The monoisotopic (exact) mass is 442 g/mol. The molecule has 0 bridgehead atoms. The number of anilines is 1. The normalized spacial score (nSPS) is 20.5. The second-order valence-electron chi connectivity index (χ2n) is 8.30. The number of carbonyl (C=O) groups excluding carboxylic acids is 1. The second-order valence-corrected chi connectivity index (χ2v) is 8.74. The molecule has 2 unspecified atom stereocenters. The molecule has 2 aliphatic heterocycles. The fourth-order valence-corrected chi connectivity index (χ4v) is 4.76. The number of hydrogen-bond donors (Lipinski definition) is 2. The van der Waals surface area contributed by atoms with E-state index in [-0.39, 0.29) is 12.1 Å². The van der Waals surface area contributed by atoms with E-state index in [0.717, 1.165) is 57.0 Å². The van der Waals surface area contributed by atoms with Crippen molar-refractivity contribution in [1.82, 2.24) is 15.5 Å². The highest BCUT2D eigenvalue weighted by molar-refractivity contribution is 6.30. The van der Waals surface area contributed by atoms with Crippen molar-refractivity contribution >= 4 is 23.3 Å². The second kappa shape index (κ2) is 10.4. The Labute approximate surface area is 189 Å². The number of ether oxygens (including phenoxy) is 1. The van der Waals surface area contributed by atoms with Crippen LogP contribution < -0.4 is 20.3 Å². The van der Waals surface area contributed by atoms with Gasteiger partial charge >= 0.3 is 6.03 Å². The minimum Gasteiger partial charge on any atom is -0.496 e. The van der Waals surface area contributed by atoms with Crippen molar-refractivity contribution in [2.24, 2.45) is 5.92 Å². The van der Waals surface area contributed by atoms with E-state index in [2.05, 4.69) is 27.7 Å². The number of amides is 2. The number of rotatable bonds is 8. The zero-order valence-corrected chi connectivity index (χ0v) is 18.8. The van der Waals surface area contributed by atoms with E-state index in [0.29, 0.717) is 17.5 Å². The van der Waals surface area contributed by atoms with Gasteiger partial charge in [-0.1, -0.05) is 35.9 Å². The lowest BCUT2D eigenvalue weighted by Crippen LogP contribution is -2.45. The van der Waals surface area contributed by atoms with Gasteiger partial charge in [-0.3, -0.25) is 4.90 Å². The predicted molar refractivity (Wildman–Crippen MR) is 125 cm³/mol.